The Morgan fingerprint density at radius 3 is 2.93 bits per heavy atom. The summed E-state index contributed by atoms with van der Waals surface area (Å²) in [5.41, 5.74) is 0. The van der Waals surface area contributed by atoms with Crippen LogP contribution in [-0.4, -0.2) is 49.5 Å². The molecule has 1 saturated heterocycles. The fourth-order valence-electron chi connectivity index (χ4n) is 1.31. The molecular formula is C9H15NO5. The summed E-state index contributed by atoms with van der Waals surface area (Å²) in [5.74, 6) is -0.648. The van der Waals surface area contributed by atoms with Gasteiger partial charge in [0.15, 0.2) is 0 Å². The first kappa shape index (κ1) is 11.9. The number of amides is 1. The lowest BCUT2D eigenvalue weighted by Crippen LogP contribution is -2.36. The number of nitrogens with one attached hydrogen (secondary N) is 1. The highest BCUT2D eigenvalue weighted by Gasteiger charge is 2.28. The van der Waals surface area contributed by atoms with Crippen LogP contribution in [0.25, 0.3) is 0 Å². The lowest BCUT2D eigenvalue weighted by Gasteiger charge is -2.13. The highest BCUT2D eigenvalue weighted by molar-refractivity contribution is 5.88. The van der Waals surface area contributed by atoms with E-state index in [1.54, 1.807) is 0 Å². The SMILES string of the molecule is COCC(O)COC(=O)[C@@H]1CCC(=O)N1. The zero-order valence-electron chi connectivity index (χ0n) is 8.56. The number of esters is 1. The molecule has 2 atom stereocenters. The van der Waals surface area contributed by atoms with E-state index >= 15 is 0 Å². The minimum absolute atomic E-state index is 0.112. The van der Waals surface area contributed by atoms with Crippen molar-refractivity contribution in [1.29, 1.82) is 0 Å². The topological polar surface area (TPSA) is 84.9 Å². The summed E-state index contributed by atoms with van der Waals surface area (Å²) in [6, 6.07) is -0.563. The van der Waals surface area contributed by atoms with Crippen molar-refractivity contribution in [2.45, 2.75) is 25.0 Å². The molecule has 0 aliphatic carbocycles. The minimum atomic E-state index is -0.823. The van der Waals surface area contributed by atoms with Crippen molar-refractivity contribution in [2.24, 2.45) is 0 Å². The molecule has 0 aromatic heterocycles. The fraction of sp³-hybridized carbons (Fsp3) is 0.778. The van der Waals surface area contributed by atoms with Gasteiger partial charge >= 0.3 is 5.97 Å². The minimum Gasteiger partial charge on any atom is -0.461 e. The van der Waals surface area contributed by atoms with E-state index in [-0.39, 0.29) is 19.1 Å². The fourth-order valence-corrected chi connectivity index (χ4v) is 1.31. The van der Waals surface area contributed by atoms with Gasteiger partial charge in [0.05, 0.1) is 6.61 Å². The van der Waals surface area contributed by atoms with Gasteiger partial charge in [0, 0.05) is 13.5 Å². The molecule has 86 valence electrons. The van der Waals surface area contributed by atoms with Crippen LogP contribution in [0.5, 0.6) is 0 Å². The van der Waals surface area contributed by atoms with E-state index in [9.17, 15) is 14.7 Å². The van der Waals surface area contributed by atoms with Gasteiger partial charge in [0.1, 0.15) is 18.8 Å². The van der Waals surface area contributed by atoms with E-state index < -0.39 is 18.1 Å². The Bertz CT molecular complexity index is 243. The monoisotopic (exact) mass is 217 g/mol. The van der Waals surface area contributed by atoms with E-state index in [2.05, 4.69) is 10.1 Å². The number of carbonyl (C=O) groups is 2. The Hall–Kier alpha value is -1.14. The van der Waals surface area contributed by atoms with Crippen molar-refractivity contribution < 1.29 is 24.2 Å². The molecule has 0 aromatic rings. The van der Waals surface area contributed by atoms with Crippen LogP contribution in [0, 0.1) is 0 Å². The molecule has 1 aliphatic heterocycles. The number of carbonyl (C=O) groups excluding carboxylic acids is 2. The molecule has 0 saturated carbocycles. The molecule has 2 N–H and O–H groups in total. The van der Waals surface area contributed by atoms with Gasteiger partial charge in [0.25, 0.3) is 0 Å². The summed E-state index contributed by atoms with van der Waals surface area (Å²) in [4.78, 5) is 22.1. The summed E-state index contributed by atoms with van der Waals surface area (Å²) in [5, 5.41) is 11.7. The summed E-state index contributed by atoms with van der Waals surface area (Å²) < 4.78 is 9.47. The third-order valence-electron chi connectivity index (χ3n) is 2.06. The second kappa shape index (κ2) is 5.67. The van der Waals surface area contributed by atoms with E-state index in [1.165, 1.54) is 7.11 Å². The quantitative estimate of drug-likeness (QED) is 0.566. The number of rotatable bonds is 5. The zero-order valence-corrected chi connectivity index (χ0v) is 8.56. The Kier molecular flexibility index (Phi) is 4.51. The number of hydrogen-bond acceptors (Lipinski definition) is 5. The molecule has 1 unspecified atom stereocenters. The molecule has 0 bridgehead atoms. The normalized spacial score (nSPS) is 22.3. The predicted molar refractivity (Wildman–Crippen MR) is 50.0 cm³/mol. The Morgan fingerprint density at radius 1 is 1.67 bits per heavy atom. The first-order valence-electron chi connectivity index (χ1n) is 4.76. The Balaban J connectivity index is 2.21. The summed E-state index contributed by atoms with van der Waals surface area (Å²) >= 11 is 0. The molecule has 15 heavy (non-hydrogen) atoms. The van der Waals surface area contributed by atoms with E-state index in [4.69, 9.17) is 4.74 Å². The molecule has 1 amide bonds. The van der Waals surface area contributed by atoms with Crippen molar-refractivity contribution in [3.8, 4) is 0 Å². The number of hydrogen-bond donors (Lipinski definition) is 2. The van der Waals surface area contributed by atoms with Crippen LogP contribution in [0.3, 0.4) is 0 Å². The molecule has 6 nitrogen and oxygen atoms in total. The summed E-state index contributed by atoms with van der Waals surface area (Å²) in [6.07, 6.45) is -0.0191. The molecule has 6 heteroatoms. The maximum absolute atomic E-state index is 11.3. The first-order valence-corrected chi connectivity index (χ1v) is 4.76. The number of ether oxygens (including phenoxy) is 2. The molecule has 0 radical (unpaired) electrons. The lowest BCUT2D eigenvalue weighted by atomic mass is 10.2. The van der Waals surface area contributed by atoms with Crippen molar-refractivity contribution in [3.05, 3.63) is 0 Å². The standard InChI is InChI=1S/C9H15NO5/c1-14-4-6(11)5-15-9(13)7-2-3-8(12)10-7/h6-7,11H,2-5H2,1H3,(H,10,12)/t6?,7-/m0/s1. The summed E-state index contributed by atoms with van der Waals surface area (Å²) in [6.45, 7) is 0.00332. The smallest absolute Gasteiger partial charge is 0.328 e. The van der Waals surface area contributed by atoms with Crippen molar-refractivity contribution in [3.63, 3.8) is 0 Å². The van der Waals surface area contributed by atoms with Crippen LogP contribution >= 0.6 is 0 Å². The summed E-state index contributed by atoms with van der Waals surface area (Å²) in [7, 11) is 1.45. The number of aliphatic hydroxyl groups excluding tert-OH is 1. The van der Waals surface area contributed by atoms with E-state index in [0.29, 0.717) is 12.8 Å². The van der Waals surface area contributed by atoms with Gasteiger partial charge in [-0.05, 0) is 6.42 Å². The number of aliphatic hydroxyl groups is 1. The van der Waals surface area contributed by atoms with Gasteiger partial charge in [-0.3, -0.25) is 4.79 Å². The van der Waals surface area contributed by atoms with E-state index in [1.807, 2.05) is 0 Å². The van der Waals surface area contributed by atoms with Gasteiger partial charge in [-0.15, -0.1) is 0 Å². The third-order valence-corrected chi connectivity index (χ3v) is 2.06. The zero-order chi connectivity index (χ0) is 11.3. The van der Waals surface area contributed by atoms with Gasteiger partial charge in [-0.2, -0.15) is 0 Å². The van der Waals surface area contributed by atoms with Crippen molar-refractivity contribution in [2.75, 3.05) is 20.3 Å². The first-order chi connectivity index (χ1) is 7.13. The van der Waals surface area contributed by atoms with Crippen LogP contribution < -0.4 is 5.32 Å². The molecule has 0 spiro atoms. The van der Waals surface area contributed by atoms with Crippen LogP contribution in [-0.2, 0) is 19.1 Å². The second-order valence-corrected chi connectivity index (χ2v) is 3.40. The average molecular weight is 217 g/mol. The largest absolute Gasteiger partial charge is 0.461 e. The molecular weight excluding hydrogens is 202 g/mol. The van der Waals surface area contributed by atoms with Crippen LogP contribution in [0.4, 0.5) is 0 Å². The highest BCUT2D eigenvalue weighted by Crippen LogP contribution is 2.08. The van der Waals surface area contributed by atoms with Crippen LogP contribution in [0.2, 0.25) is 0 Å². The van der Waals surface area contributed by atoms with Crippen LogP contribution in [0.1, 0.15) is 12.8 Å². The average Bonchev–Trinajstić information content (AvgIpc) is 2.62. The van der Waals surface area contributed by atoms with Gasteiger partial charge < -0.3 is 19.9 Å². The highest BCUT2D eigenvalue weighted by atomic mass is 16.5. The second-order valence-electron chi connectivity index (χ2n) is 3.40. The van der Waals surface area contributed by atoms with Gasteiger partial charge in [-0.1, -0.05) is 0 Å². The van der Waals surface area contributed by atoms with E-state index in [0.717, 1.165) is 0 Å². The maximum atomic E-state index is 11.3. The Labute approximate surface area is 87.5 Å². The molecule has 1 fully saturated rings. The Morgan fingerprint density at radius 2 is 2.40 bits per heavy atom. The predicted octanol–water partition coefficient (Wildman–Crippen LogP) is -1.18. The molecule has 1 rings (SSSR count). The van der Waals surface area contributed by atoms with Gasteiger partial charge in [0.2, 0.25) is 5.91 Å². The lowest BCUT2D eigenvalue weighted by molar-refractivity contribution is -0.150. The maximum Gasteiger partial charge on any atom is 0.328 e. The molecule has 1 heterocycles. The third kappa shape index (κ3) is 3.85. The van der Waals surface area contributed by atoms with Crippen molar-refractivity contribution >= 4 is 11.9 Å². The number of methoxy groups -OCH3 is 1. The molecule has 0 aromatic carbocycles. The van der Waals surface area contributed by atoms with Crippen molar-refractivity contribution in [1.82, 2.24) is 5.32 Å². The van der Waals surface area contributed by atoms with Gasteiger partial charge in [-0.25, -0.2) is 4.79 Å². The molecule has 1 aliphatic rings. The van der Waals surface area contributed by atoms with Crippen LogP contribution in [0.15, 0.2) is 0 Å².